The molecule has 1 aliphatic heterocycles. The van der Waals surface area contributed by atoms with Gasteiger partial charge in [-0.2, -0.15) is 0 Å². The summed E-state index contributed by atoms with van der Waals surface area (Å²) in [4.78, 5) is 2.35. The molecule has 0 aromatic heterocycles. The summed E-state index contributed by atoms with van der Waals surface area (Å²) in [5.41, 5.74) is 1.16. The Labute approximate surface area is 126 Å². The lowest BCUT2D eigenvalue weighted by molar-refractivity contribution is 0.246. The van der Waals surface area contributed by atoms with Crippen molar-refractivity contribution in [1.82, 2.24) is 9.62 Å². The predicted molar refractivity (Wildman–Crippen MR) is 82.5 cm³/mol. The van der Waals surface area contributed by atoms with Crippen molar-refractivity contribution in [3.63, 3.8) is 0 Å². The SMILES string of the molecule is O=S(=O)(CCCl)NCC(c1ccccc1)N1CCCC1. The van der Waals surface area contributed by atoms with E-state index in [2.05, 4.69) is 21.8 Å². The summed E-state index contributed by atoms with van der Waals surface area (Å²) in [7, 11) is -3.27. The summed E-state index contributed by atoms with van der Waals surface area (Å²) < 4.78 is 26.2. The Kier molecular flexibility index (Phi) is 5.84. The largest absolute Gasteiger partial charge is 0.295 e. The third-order valence-electron chi connectivity index (χ3n) is 3.61. The number of sulfonamides is 1. The molecule has 6 heteroatoms. The van der Waals surface area contributed by atoms with Gasteiger partial charge < -0.3 is 0 Å². The first-order valence-corrected chi connectivity index (χ1v) is 9.13. The quantitative estimate of drug-likeness (QED) is 0.783. The van der Waals surface area contributed by atoms with Crippen molar-refractivity contribution in [3.8, 4) is 0 Å². The number of halogens is 1. The van der Waals surface area contributed by atoms with Gasteiger partial charge in [0.05, 0.1) is 5.75 Å². The van der Waals surface area contributed by atoms with Crippen molar-refractivity contribution in [3.05, 3.63) is 35.9 Å². The molecule has 2 rings (SSSR count). The first kappa shape index (κ1) is 15.8. The molecule has 1 aromatic carbocycles. The molecule has 1 aromatic rings. The number of nitrogens with zero attached hydrogens (tertiary/aromatic N) is 1. The summed E-state index contributed by atoms with van der Waals surface area (Å²) in [5, 5.41) is 0. The van der Waals surface area contributed by atoms with Crippen molar-refractivity contribution in [2.75, 3.05) is 31.3 Å². The fraction of sp³-hybridized carbons (Fsp3) is 0.571. The van der Waals surface area contributed by atoms with Gasteiger partial charge in [-0.25, -0.2) is 13.1 Å². The van der Waals surface area contributed by atoms with Crippen molar-refractivity contribution < 1.29 is 8.42 Å². The van der Waals surface area contributed by atoms with E-state index in [9.17, 15) is 8.42 Å². The van der Waals surface area contributed by atoms with E-state index in [4.69, 9.17) is 11.6 Å². The zero-order chi connectivity index (χ0) is 14.4. The molecule has 0 aliphatic carbocycles. The van der Waals surface area contributed by atoms with E-state index in [1.165, 1.54) is 12.8 Å². The molecule has 1 fully saturated rings. The second-order valence-electron chi connectivity index (χ2n) is 5.03. The highest BCUT2D eigenvalue weighted by Crippen LogP contribution is 2.24. The number of alkyl halides is 1. The molecule has 0 amide bonds. The van der Waals surface area contributed by atoms with Gasteiger partial charge in [-0.1, -0.05) is 30.3 Å². The number of nitrogens with one attached hydrogen (secondary N) is 1. The second-order valence-corrected chi connectivity index (χ2v) is 7.33. The van der Waals surface area contributed by atoms with Crippen LogP contribution < -0.4 is 4.72 Å². The lowest BCUT2D eigenvalue weighted by atomic mass is 10.1. The van der Waals surface area contributed by atoms with E-state index in [1.807, 2.05) is 18.2 Å². The van der Waals surface area contributed by atoms with Crippen LogP contribution in [0, 0.1) is 0 Å². The zero-order valence-corrected chi connectivity index (χ0v) is 13.0. The molecular weight excluding hydrogens is 296 g/mol. The van der Waals surface area contributed by atoms with Gasteiger partial charge in [-0.05, 0) is 31.5 Å². The topological polar surface area (TPSA) is 49.4 Å². The highest BCUT2D eigenvalue weighted by atomic mass is 35.5. The molecule has 0 radical (unpaired) electrons. The smallest absolute Gasteiger partial charge is 0.212 e. The van der Waals surface area contributed by atoms with Gasteiger partial charge in [0.25, 0.3) is 0 Å². The minimum absolute atomic E-state index is 0.0317. The fourth-order valence-electron chi connectivity index (χ4n) is 2.57. The van der Waals surface area contributed by atoms with Crippen LogP contribution in [0.5, 0.6) is 0 Å². The van der Waals surface area contributed by atoms with Crippen LogP contribution in [0.2, 0.25) is 0 Å². The van der Waals surface area contributed by atoms with Crippen LogP contribution in [0.4, 0.5) is 0 Å². The lowest BCUT2D eigenvalue weighted by Crippen LogP contribution is -2.37. The molecule has 0 bridgehead atoms. The van der Waals surface area contributed by atoms with Crippen molar-refractivity contribution in [2.24, 2.45) is 0 Å². The second kappa shape index (κ2) is 7.41. The predicted octanol–water partition coefficient (Wildman–Crippen LogP) is 1.98. The summed E-state index contributed by atoms with van der Waals surface area (Å²) in [5.74, 6) is 0.0884. The van der Waals surface area contributed by atoms with Gasteiger partial charge in [0.2, 0.25) is 10.0 Å². The maximum Gasteiger partial charge on any atom is 0.212 e. The highest BCUT2D eigenvalue weighted by molar-refractivity contribution is 7.89. The van der Waals surface area contributed by atoms with Crippen LogP contribution in [0.25, 0.3) is 0 Å². The molecule has 1 heterocycles. The van der Waals surface area contributed by atoms with Crippen LogP contribution in [0.1, 0.15) is 24.4 Å². The number of likely N-dealkylation sites (tertiary alicyclic amines) is 1. The number of rotatable bonds is 7. The number of hydrogen-bond donors (Lipinski definition) is 1. The highest BCUT2D eigenvalue weighted by Gasteiger charge is 2.24. The van der Waals surface area contributed by atoms with E-state index >= 15 is 0 Å². The third kappa shape index (κ3) is 4.45. The molecule has 1 aliphatic rings. The molecule has 1 atom stereocenters. The molecule has 1 saturated heterocycles. The number of benzene rings is 1. The molecular formula is C14H21ClN2O2S. The maximum absolute atomic E-state index is 11.8. The maximum atomic E-state index is 11.8. The lowest BCUT2D eigenvalue weighted by Gasteiger charge is -2.28. The van der Waals surface area contributed by atoms with Crippen LogP contribution >= 0.6 is 11.6 Å². The monoisotopic (exact) mass is 316 g/mol. The van der Waals surface area contributed by atoms with E-state index in [1.54, 1.807) is 0 Å². The van der Waals surface area contributed by atoms with Crippen molar-refractivity contribution in [1.29, 1.82) is 0 Å². The van der Waals surface area contributed by atoms with Crippen LogP contribution in [0.15, 0.2) is 30.3 Å². The molecule has 112 valence electrons. The van der Waals surface area contributed by atoms with E-state index in [0.29, 0.717) is 6.54 Å². The van der Waals surface area contributed by atoms with Crippen molar-refractivity contribution >= 4 is 21.6 Å². The minimum Gasteiger partial charge on any atom is -0.295 e. The Balaban J connectivity index is 2.07. The molecule has 4 nitrogen and oxygen atoms in total. The Morgan fingerprint density at radius 2 is 1.85 bits per heavy atom. The molecule has 1 unspecified atom stereocenters. The minimum atomic E-state index is -3.27. The average molecular weight is 317 g/mol. The number of hydrogen-bond acceptors (Lipinski definition) is 3. The van der Waals surface area contributed by atoms with Gasteiger partial charge in [-0.15, -0.1) is 11.6 Å². The summed E-state index contributed by atoms with van der Waals surface area (Å²) in [6.07, 6.45) is 2.36. The average Bonchev–Trinajstić information content (AvgIpc) is 2.94. The molecule has 1 N–H and O–H groups in total. The van der Waals surface area contributed by atoms with E-state index in [0.717, 1.165) is 18.7 Å². The Hall–Kier alpha value is -0.620. The molecule has 20 heavy (non-hydrogen) atoms. The van der Waals surface area contributed by atoms with Crippen LogP contribution in [-0.2, 0) is 10.0 Å². The van der Waals surface area contributed by atoms with Crippen LogP contribution in [-0.4, -0.2) is 44.6 Å². The standard InChI is InChI=1S/C14H21ClN2O2S/c15-8-11-20(18,19)16-12-14(17-9-4-5-10-17)13-6-2-1-3-7-13/h1-3,6-7,14,16H,4-5,8-12H2. The fourth-order valence-corrected chi connectivity index (χ4v) is 3.93. The first-order valence-electron chi connectivity index (χ1n) is 6.95. The zero-order valence-electron chi connectivity index (χ0n) is 11.5. The van der Waals surface area contributed by atoms with Crippen LogP contribution in [0.3, 0.4) is 0 Å². The Morgan fingerprint density at radius 1 is 1.20 bits per heavy atom. The Bertz CT molecular complexity index is 501. The van der Waals surface area contributed by atoms with Gasteiger partial charge in [-0.3, -0.25) is 4.90 Å². The Morgan fingerprint density at radius 3 is 2.45 bits per heavy atom. The summed E-state index contributed by atoms with van der Waals surface area (Å²) in [6.45, 7) is 2.46. The van der Waals surface area contributed by atoms with Gasteiger partial charge in [0.15, 0.2) is 0 Å². The van der Waals surface area contributed by atoms with E-state index in [-0.39, 0.29) is 17.7 Å². The normalized spacial score (nSPS) is 18.2. The van der Waals surface area contributed by atoms with E-state index < -0.39 is 10.0 Å². The van der Waals surface area contributed by atoms with Crippen molar-refractivity contribution in [2.45, 2.75) is 18.9 Å². The van der Waals surface area contributed by atoms with Gasteiger partial charge in [0, 0.05) is 18.5 Å². The molecule has 0 spiro atoms. The summed E-state index contributed by atoms with van der Waals surface area (Å²) in [6, 6.07) is 10.2. The third-order valence-corrected chi connectivity index (χ3v) is 5.37. The first-order chi connectivity index (χ1) is 9.62. The van der Waals surface area contributed by atoms with Gasteiger partial charge in [0.1, 0.15) is 0 Å². The summed E-state index contributed by atoms with van der Waals surface area (Å²) >= 11 is 5.52. The molecule has 0 saturated carbocycles. The van der Waals surface area contributed by atoms with Gasteiger partial charge >= 0.3 is 0 Å².